The fraction of sp³-hybridized carbons (Fsp3) is 0.182. The minimum Gasteiger partial charge on any atom is -0.343 e. The van der Waals surface area contributed by atoms with Crippen molar-refractivity contribution >= 4 is 5.95 Å². The van der Waals surface area contributed by atoms with E-state index in [4.69, 9.17) is 4.98 Å². The maximum Gasteiger partial charge on any atom is 0.225 e. The molecule has 0 saturated heterocycles. The van der Waals surface area contributed by atoms with Crippen molar-refractivity contribution < 1.29 is 0 Å². The second-order valence-electron chi connectivity index (χ2n) is 6.75. The van der Waals surface area contributed by atoms with Crippen molar-refractivity contribution in [2.45, 2.75) is 13.3 Å². The number of anilines is 1. The van der Waals surface area contributed by atoms with Crippen molar-refractivity contribution in [3.8, 4) is 16.9 Å². The molecule has 0 aliphatic heterocycles. The Morgan fingerprint density at radius 1 is 1.00 bits per heavy atom. The van der Waals surface area contributed by atoms with Gasteiger partial charge in [0.05, 0.1) is 17.6 Å². The highest BCUT2D eigenvalue weighted by atomic mass is 15.3. The molecule has 0 saturated carbocycles. The number of benzene rings is 1. The van der Waals surface area contributed by atoms with Gasteiger partial charge in [-0.15, -0.1) is 0 Å². The van der Waals surface area contributed by atoms with Crippen molar-refractivity contribution in [1.82, 2.24) is 24.7 Å². The van der Waals surface area contributed by atoms with Crippen molar-refractivity contribution in [1.29, 1.82) is 0 Å². The summed E-state index contributed by atoms with van der Waals surface area (Å²) >= 11 is 0. The maximum atomic E-state index is 4.72. The molecule has 4 rings (SSSR count). The lowest BCUT2D eigenvalue weighted by atomic mass is 10.2. The number of hydrogen-bond donors (Lipinski definition) is 0. The molecule has 3 heterocycles. The van der Waals surface area contributed by atoms with Crippen molar-refractivity contribution in [2.24, 2.45) is 0 Å². The molecule has 0 N–H and O–H groups in total. The SMILES string of the molecule is Cc1cccc(-n2cc(-c3ccnc(N(C)CCc4ccccn4)n3)cn2)c1. The number of rotatable bonds is 6. The van der Waals surface area contributed by atoms with Crippen LogP contribution in [-0.2, 0) is 6.42 Å². The van der Waals surface area contributed by atoms with E-state index < -0.39 is 0 Å². The summed E-state index contributed by atoms with van der Waals surface area (Å²) in [5.41, 5.74) is 5.11. The van der Waals surface area contributed by atoms with Gasteiger partial charge in [0.1, 0.15) is 0 Å². The Morgan fingerprint density at radius 3 is 2.75 bits per heavy atom. The van der Waals surface area contributed by atoms with Crippen molar-refractivity contribution in [3.05, 3.63) is 84.6 Å². The summed E-state index contributed by atoms with van der Waals surface area (Å²) in [7, 11) is 2.00. The normalized spacial score (nSPS) is 10.8. The zero-order chi connectivity index (χ0) is 19.3. The maximum absolute atomic E-state index is 4.72. The Hall–Kier alpha value is -3.54. The summed E-state index contributed by atoms with van der Waals surface area (Å²) in [6, 6.07) is 16.1. The van der Waals surface area contributed by atoms with Crippen molar-refractivity contribution in [2.75, 3.05) is 18.5 Å². The largest absolute Gasteiger partial charge is 0.343 e. The Balaban J connectivity index is 1.51. The predicted octanol–water partition coefficient (Wildman–Crippen LogP) is 3.71. The van der Waals surface area contributed by atoms with Gasteiger partial charge in [0.15, 0.2) is 0 Å². The second kappa shape index (κ2) is 8.00. The third-order valence-electron chi connectivity index (χ3n) is 4.56. The standard InChI is InChI=1S/C22H22N6/c1-17-6-5-8-20(14-17)28-16-18(15-25-28)21-9-12-24-22(26-21)27(2)13-10-19-7-3-4-11-23-19/h3-9,11-12,14-16H,10,13H2,1-2H3. The minimum absolute atomic E-state index is 0.691. The van der Waals surface area contributed by atoms with Gasteiger partial charge < -0.3 is 4.90 Å². The molecular formula is C22H22N6. The van der Waals surface area contributed by atoms with Crippen LogP contribution < -0.4 is 4.90 Å². The third-order valence-corrected chi connectivity index (χ3v) is 4.56. The van der Waals surface area contributed by atoms with Crippen LogP contribution in [0.3, 0.4) is 0 Å². The number of hydrogen-bond acceptors (Lipinski definition) is 5. The lowest BCUT2D eigenvalue weighted by Gasteiger charge is -2.17. The van der Waals surface area contributed by atoms with Gasteiger partial charge in [-0.1, -0.05) is 18.2 Å². The highest BCUT2D eigenvalue weighted by Crippen LogP contribution is 2.20. The van der Waals surface area contributed by atoms with Crippen LogP contribution in [0.2, 0.25) is 0 Å². The van der Waals surface area contributed by atoms with Gasteiger partial charge in [-0.25, -0.2) is 14.6 Å². The van der Waals surface area contributed by atoms with Crippen LogP contribution in [0.4, 0.5) is 5.95 Å². The van der Waals surface area contributed by atoms with Crippen LogP contribution in [0.5, 0.6) is 0 Å². The molecule has 6 heteroatoms. The molecule has 0 fully saturated rings. The topological polar surface area (TPSA) is 59.7 Å². The van der Waals surface area contributed by atoms with E-state index in [9.17, 15) is 0 Å². The summed E-state index contributed by atoms with van der Waals surface area (Å²) < 4.78 is 1.87. The monoisotopic (exact) mass is 370 g/mol. The number of aryl methyl sites for hydroxylation is 1. The van der Waals surface area contributed by atoms with E-state index >= 15 is 0 Å². The van der Waals surface area contributed by atoms with E-state index in [2.05, 4.69) is 34.1 Å². The van der Waals surface area contributed by atoms with Crippen LogP contribution >= 0.6 is 0 Å². The second-order valence-corrected chi connectivity index (χ2v) is 6.75. The molecule has 3 aromatic heterocycles. The van der Waals surface area contributed by atoms with Crippen LogP contribution in [0, 0.1) is 6.92 Å². The quantitative estimate of drug-likeness (QED) is 0.518. The summed E-state index contributed by atoms with van der Waals surface area (Å²) in [5.74, 6) is 0.691. The average Bonchev–Trinajstić information content (AvgIpc) is 3.23. The predicted molar refractivity (Wildman–Crippen MR) is 111 cm³/mol. The molecule has 0 amide bonds. The molecule has 4 aromatic rings. The number of aromatic nitrogens is 5. The smallest absolute Gasteiger partial charge is 0.225 e. The Labute approximate surface area is 164 Å². The first-order chi connectivity index (χ1) is 13.7. The number of likely N-dealkylation sites (N-methyl/N-ethyl adjacent to an activating group) is 1. The Kier molecular flexibility index (Phi) is 5.10. The molecular weight excluding hydrogens is 348 g/mol. The molecule has 0 radical (unpaired) electrons. The lowest BCUT2D eigenvalue weighted by Crippen LogP contribution is -2.22. The summed E-state index contributed by atoms with van der Waals surface area (Å²) in [5, 5.41) is 4.49. The van der Waals surface area contributed by atoms with Gasteiger partial charge in [0.2, 0.25) is 5.95 Å². The molecule has 0 aliphatic rings. The van der Waals surface area contributed by atoms with E-state index in [-0.39, 0.29) is 0 Å². The molecule has 28 heavy (non-hydrogen) atoms. The fourth-order valence-electron chi connectivity index (χ4n) is 2.99. The van der Waals surface area contributed by atoms with Gasteiger partial charge in [-0.05, 0) is 42.8 Å². The third kappa shape index (κ3) is 4.06. The van der Waals surface area contributed by atoms with E-state index in [1.807, 2.05) is 71.6 Å². The molecule has 0 spiro atoms. The van der Waals surface area contributed by atoms with E-state index in [0.29, 0.717) is 5.95 Å². The Morgan fingerprint density at radius 2 is 1.93 bits per heavy atom. The van der Waals surface area contributed by atoms with E-state index in [0.717, 1.165) is 35.6 Å². The highest BCUT2D eigenvalue weighted by Gasteiger charge is 2.09. The summed E-state index contributed by atoms with van der Waals surface area (Å²) in [4.78, 5) is 15.6. The van der Waals surface area contributed by atoms with Crippen LogP contribution in [0.15, 0.2) is 73.3 Å². The fourth-order valence-corrected chi connectivity index (χ4v) is 2.99. The van der Waals surface area contributed by atoms with Gasteiger partial charge in [0, 0.05) is 49.9 Å². The zero-order valence-corrected chi connectivity index (χ0v) is 16.0. The van der Waals surface area contributed by atoms with Crippen molar-refractivity contribution in [3.63, 3.8) is 0 Å². The number of pyridine rings is 1. The summed E-state index contributed by atoms with van der Waals surface area (Å²) in [6.07, 6.45) is 8.28. The van der Waals surface area contributed by atoms with Crippen LogP contribution in [-0.4, -0.2) is 38.3 Å². The minimum atomic E-state index is 0.691. The van der Waals surface area contributed by atoms with Crippen LogP contribution in [0.1, 0.15) is 11.3 Å². The molecule has 0 bridgehead atoms. The van der Waals surface area contributed by atoms with Gasteiger partial charge >= 0.3 is 0 Å². The number of nitrogens with zero attached hydrogens (tertiary/aromatic N) is 6. The highest BCUT2D eigenvalue weighted by molar-refractivity contribution is 5.59. The lowest BCUT2D eigenvalue weighted by molar-refractivity contribution is 0.821. The average molecular weight is 370 g/mol. The van der Waals surface area contributed by atoms with E-state index in [1.54, 1.807) is 6.20 Å². The van der Waals surface area contributed by atoms with Gasteiger partial charge in [0.25, 0.3) is 0 Å². The molecule has 6 nitrogen and oxygen atoms in total. The first-order valence-corrected chi connectivity index (χ1v) is 9.25. The van der Waals surface area contributed by atoms with Gasteiger partial charge in [-0.3, -0.25) is 4.98 Å². The molecule has 0 atom stereocenters. The zero-order valence-electron chi connectivity index (χ0n) is 16.0. The van der Waals surface area contributed by atoms with Gasteiger partial charge in [-0.2, -0.15) is 5.10 Å². The first-order valence-electron chi connectivity index (χ1n) is 9.25. The molecule has 0 unspecified atom stereocenters. The van der Waals surface area contributed by atoms with Crippen LogP contribution in [0.25, 0.3) is 16.9 Å². The van der Waals surface area contributed by atoms with E-state index in [1.165, 1.54) is 5.56 Å². The summed E-state index contributed by atoms with van der Waals surface area (Å²) in [6.45, 7) is 2.87. The molecule has 1 aromatic carbocycles. The Bertz CT molecular complexity index is 1060. The molecule has 0 aliphatic carbocycles. The first kappa shape index (κ1) is 17.9. The molecule has 140 valence electrons.